The highest BCUT2D eigenvalue weighted by Gasteiger charge is 2.14. The minimum atomic E-state index is -0.424. The first-order valence-corrected chi connectivity index (χ1v) is 4.93. The van der Waals surface area contributed by atoms with Crippen molar-refractivity contribution in [1.82, 2.24) is 10.6 Å². The lowest BCUT2D eigenvalue weighted by Crippen LogP contribution is -2.46. The summed E-state index contributed by atoms with van der Waals surface area (Å²) in [6.45, 7) is 8.00. The Hall–Kier alpha value is -1.01. The normalized spacial score (nSPS) is 13.1. The number of carbonyl (C=O) groups excluding carboxylic acids is 1. The maximum absolute atomic E-state index is 11.3. The Morgan fingerprint density at radius 1 is 1.57 bits per heavy atom. The molecule has 0 aromatic rings. The number of amides is 1. The molecule has 0 rings (SSSR count). The number of carbonyl (C=O) groups is 1. The molecule has 0 aliphatic carbocycles. The second-order valence-electron chi connectivity index (χ2n) is 4.00. The summed E-state index contributed by atoms with van der Waals surface area (Å²) in [6, 6.07) is 0.221. The third-order valence-corrected chi connectivity index (χ3v) is 2.07. The van der Waals surface area contributed by atoms with E-state index in [0.717, 1.165) is 6.42 Å². The van der Waals surface area contributed by atoms with Gasteiger partial charge in [0.25, 0.3) is 0 Å². The Bertz CT molecular complexity index is 228. The molecule has 0 aliphatic heterocycles. The fraction of sp³-hybridized carbons (Fsp3) is 0.727. The minimum absolute atomic E-state index is 0.0114. The predicted octanol–water partition coefficient (Wildman–Crippen LogP) is 0.902. The summed E-state index contributed by atoms with van der Waals surface area (Å²) >= 11 is 0. The highest BCUT2D eigenvalue weighted by molar-refractivity contribution is 5.78. The van der Waals surface area contributed by atoms with Gasteiger partial charge in [0.2, 0.25) is 5.91 Å². The van der Waals surface area contributed by atoms with Crippen LogP contribution in [0.4, 0.5) is 0 Å². The molecule has 1 amide bonds. The van der Waals surface area contributed by atoms with Gasteiger partial charge in [-0.05, 0) is 27.2 Å². The van der Waals surface area contributed by atoms with E-state index in [4.69, 9.17) is 6.42 Å². The highest BCUT2D eigenvalue weighted by Crippen LogP contribution is 1.97. The zero-order chi connectivity index (χ0) is 11.2. The summed E-state index contributed by atoms with van der Waals surface area (Å²) in [5, 5.41) is 5.85. The third kappa shape index (κ3) is 5.60. The fourth-order valence-electron chi connectivity index (χ4n) is 0.780. The average Bonchev–Trinajstić information content (AvgIpc) is 2.15. The van der Waals surface area contributed by atoms with E-state index in [-0.39, 0.29) is 18.5 Å². The molecule has 0 saturated carbocycles. The number of nitrogens with one attached hydrogen (secondary N) is 2. The molecule has 1 unspecified atom stereocenters. The zero-order valence-electron chi connectivity index (χ0n) is 9.48. The Balaban J connectivity index is 3.82. The maximum Gasteiger partial charge on any atom is 0.234 e. The van der Waals surface area contributed by atoms with Crippen molar-refractivity contribution in [3.63, 3.8) is 0 Å². The lowest BCUT2D eigenvalue weighted by molar-refractivity contribution is -0.121. The van der Waals surface area contributed by atoms with E-state index < -0.39 is 5.54 Å². The van der Waals surface area contributed by atoms with Gasteiger partial charge in [-0.15, -0.1) is 6.42 Å². The number of terminal acetylenes is 1. The molecule has 80 valence electrons. The van der Waals surface area contributed by atoms with Crippen molar-refractivity contribution in [2.24, 2.45) is 0 Å². The summed E-state index contributed by atoms with van der Waals surface area (Å²) in [7, 11) is 0. The average molecular weight is 196 g/mol. The van der Waals surface area contributed by atoms with Crippen LogP contribution >= 0.6 is 0 Å². The fourth-order valence-corrected chi connectivity index (χ4v) is 0.780. The molecule has 14 heavy (non-hydrogen) atoms. The maximum atomic E-state index is 11.3. The van der Waals surface area contributed by atoms with Crippen molar-refractivity contribution in [3.8, 4) is 12.3 Å². The van der Waals surface area contributed by atoms with Gasteiger partial charge in [0.15, 0.2) is 0 Å². The molecule has 0 fully saturated rings. The van der Waals surface area contributed by atoms with E-state index >= 15 is 0 Å². The molecule has 0 aromatic carbocycles. The van der Waals surface area contributed by atoms with Crippen molar-refractivity contribution in [2.75, 3.05) is 6.54 Å². The van der Waals surface area contributed by atoms with Gasteiger partial charge in [0, 0.05) is 6.04 Å². The van der Waals surface area contributed by atoms with E-state index in [1.54, 1.807) is 0 Å². The van der Waals surface area contributed by atoms with Crippen LogP contribution < -0.4 is 10.6 Å². The number of hydrogen-bond acceptors (Lipinski definition) is 2. The highest BCUT2D eigenvalue weighted by atomic mass is 16.1. The second-order valence-corrected chi connectivity index (χ2v) is 4.00. The van der Waals surface area contributed by atoms with Gasteiger partial charge >= 0.3 is 0 Å². The molecule has 1 atom stereocenters. The largest absolute Gasteiger partial charge is 0.353 e. The van der Waals surface area contributed by atoms with E-state index in [1.807, 2.05) is 27.7 Å². The molecule has 0 aromatic heterocycles. The first-order chi connectivity index (χ1) is 6.41. The molecule has 0 saturated heterocycles. The first kappa shape index (κ1) is 13.0. The van der Waals surface area contributed by atoms with Crippen molar-refractivity contribution >= 4 is 5.91 Å². The summed E-state index contributed by atoms with van der Waals surface area (Å²) in [5.74, 6) is 2.56. The molecule has 0 heterocycles. The van der Waals surface area contributed by atoms with Crippen LogP contribution in [0.1, 0.15) is 34.1 Å². The number of rotatable bonds is 5. The van der Waals surface area contributed by atoms with Crippen molar-refractivity contribution < 1.29 is 4.79 Å². The van der Waals surface area contributed by atoms with Gasteiger partial charge in [-0.25, -0.2) is 0 Å². The molecule has 0 bridgehead atoms. The van der Waals surface area contributed by atoms with Crippen LogP contribution in [0.2, 0.25) is 0 Å². The van der Waals surface area contributed by atoms with Gasteiger partial charge in [-0.2, -0.15) is 0 Å². The van der Waals surface area contributed by atoms with Crippen molar-refractivity contribution in [3.05, 3.63) is 0 Å². The molecule has 3 nitrogen and oxygen atoms in total. The smallest absolute Gasteiger partial charge is 0.234 e. The summed E-state index contributed by atoms with van der Waals surface area (Å²) in [6.07, 6.45) is 6.21. The predicted molar refractivity (Wildman–Crippen MR) is 58.8 cm³/mol. The minimum Gasteiger partial charge on any atom is -0.353 e. The van der Waals surface area contributed by atoms with Gasteiger partial charge < -0.3 is 5.32 Å². The van der Waals surface area contributed by atoms with Crippen LogP contribution in [-0.4, -0.2) is 24.0 Å². The van der Waals surface area contributed by atoms with E-state index in [2.05, 4.69) is 16.6 Å². The van der Waals surface area contributed by atoms with Gasteiger partial charge in [-0.3, -0.25) is 10.1 Å². The molecule has 2 N–H and O–H groups in total. The third-order valence-electron chi connectivity index (χ3n) is 2.07. The van der Waals surface area contributed by atoms with E-state index in [1.165, 1.54) is 0 Å². The second kappa shape index (κ2) is 5.66. The van der Waals surface area contributed by atoms with Gasteiger partial charge in [0.1, 0.15) is 0 Å². The SMILES string of the molecule is C#CC(C)(C)NCC(=O)NC(C)CC. The van der Waals surface area contributed by atoms with Crippen LogP contribution in [-0.2, 0) is 4.79 Å². The summed E-state index contributed by atoms with van der Waals surface area (Å²) in [5.41, 5.74) is -0.424. The van der Waals surface area contributed by atoms with Crippen LogP contribution in [0.15, 0.2) is 0 Å². The Morgan fingerprint density at radius 2 is 2.14 bits per heavy atom. The van der Waals surface area contributed by atoms with Gasteiger partial charge in [-0.1, -0.05) is 12.8 Å². The molecule has 0 radical (unpaired) electrons. The Kier molecular flexibility index (Phi) is 5.26. The molecular weight excluding hydrogens is 176 g/mol. The number of hydrogen-bond donors (Lipinski definition) is 2. The first-order valence-electron chi connectivity index (χ1n) is 4.93. The molecule has 3 heteroatoms. The lowest BCUT2D eigenvalue weighted by Gasteiger charge is -2.20. The summed E-state index contributed by atoms with van der Waals surface area (Å²) in [4.78, 5) is 11.3. The summed E-state index contributed by atoms with van der Waals surface area (Å²) < 4.78 is 0. The lowest BCUT2D eigenvalue weighted by atomic mass is 10.1. The quantitative estimate of drug-likeness (QED) is 0.642. The monoisotopic (exact) mass is 196 g/mol. The zero-order valence-corrected chi connectivity index (χ0v) is 9.48. The topological polar surface area (TPSA) is 41.1 Å². The molecule has 0 spiro atoms. The standard InChI is InChI=1S/C11H20N2O/c1-6-9(3)13-10(14)8-12-11(4,5)7-2/h2,9,12H,6,8H2,1,3-5H3,(H,13,14). The van der Waals surface area contributed by atoms with Crippen molar-refractivity contribution in [1.29, 1.82) is 0 Å². The van der Waals surface area contributed by atoms with Crippen LogP contribution in [0, 0.1) is 12.3 Å². The molecule has 0 aliphatic rings. The Labute approximate surface area is 86.6 Å². The van der Waals surface area contributed by atoms with Crippen LogP contribution in [0.25, 0.3) is 0 Å². The molecular formula is C11H20N2O. The van der Waals surface area contributed by atoms with Crippen LogP contribution in [0.3, 0.4) is 0 Å². The Morgan fingerprint density at radius 3 is 2.57 bits per heavy atom. The van der Waals surface area contributed by atoms with Crippen LogP contribution in [0.5, 0.6) is 0 Å². The van der Waals surface area contributed by atoms with Gasteiger partial charge in [0.05, 0.1) is 12.1 Å². The van der Waals surface area contributed by atoms with Crippen molar-refractivity contribution in [2.45, 2.75) is 45.7 Å². The van der Waals surface area contributed by atoms with E-state index in [9.17, 15) is 4.79 Å². The van der Waals surface area contributed by atoms with E-state index in [0.29, 0.717) is 0 Å².